The van der Waals surface area contributed by atoms with E-state index in [2.05, 4.69) is 4.74 Å². The third kappa shape index (κ3) is 4.82. The van der Waals surface area contributed by atoms with Gasteiger partial charge in [0, 0.05) is 25.9 Å². The number of amides is 1. The monoisotopic (exact) mass is 270 g/mol. The summed E-state index contributed by atoms with van der Waals surface area (Å²) in [5, 5.41) is 0. The summed E-state index contributed by atoms with van der Waals surface area (Å²) in [5.41, 5.74) is 5.76. The number of methoxy groups -OCH3 is 1. The molecule has 1 fully saturated rings. The molecule has 110 valence electrons. The SMILES string of the molecule is COC(=O)CCCN(C)C(=O)C1CCCCC1CN. The first-order valence-electron chi connectivity index (χ1n) is 7.12. The van der Waals surface area contributed by atoms with Crippen LogP contribution in [0.2, 0.25) is 0 Å². The lowest BCUT2D eigenvalue weighted by Gasteiger charge is -2.32. The van der Waals surface area contributed by atoms with Gasteiger partial charge in [0.2, 0.25) is 5.91 Å². The summed E-state index contributed by atoms with van der Waals surface area (Å²) in [6.45, 7) is 1.19. The second kappa shape index (κ2) is 8.15. The number of hydrogen-bond acceptors (Lipinski definition) is 4. The molecule has 0 bridgehead atoms. The summed E-state index contributed by atoms with van der Waals surface area (Å²) in [6, 6.07) is 0. The largest absolute Gasteiger partial charge is 0.469 e. The maximum atomic E-state index is 12.4. The number of carbonyl (C=O) groups excluding carboxylic acids is 2. The second-order valence-electron chi connectivity index (χ2n) is 5.33. The van der Waals surface area contributed by atoms with Gasteiger partial charge in [-0.15, -0.1) is 0 Å². The molecular formula is C14H26N2O3. The van der Waals surface area contributed by atoms with Gasteiger partial charge in [-0.05, 0) is 31.7 Å². The maximum Gasteiger partial charge on any atom is 0.305 e. The van der Waals surface area contributed by atoms with Crippen LogP contribution in [-0.4, -0.2) is 44.0 Å². The van der Waals surface area contributed by atoms with Gasteiger partial charge in [0.1, 0.15) is 0 Å². The molecule has 2 N–H and O–H groups in total. The van der Waals surface area contributed by atoms with Gasteiger partial charge in [-0.3, -0.25) is 9.59 Å². The Hall–Kier alpha value is -1.10. The van der Waals surface area contributed by atoms with Crippen molar-refractivity contribution < 1.29 is 14.3 Å². The van der Waals surface area contributed by atoms with E-state index < -0.39 is 0 Å². The zero-order chi connectivity index (χ0) is 14.3. The highest BCUT2D eigenvalue weighted by atomic mass is 16.5. The van der Waals surface area contributed by atoms with Crippen molar-refractivity contribution in [3.63, 3.8) is 0 Å². The Labute approximate surface area is 115 Å². The van der Waals surface area contributed by atoms with Crippen molar-refractivity contribution in [2.75, 3.05) is 27.2 Å². The van der Waals surface area contributed by atoms with Crippen LogP contribution < -0.4 is 5.73 Å². The fraction of sp³-hybridized carbons (Fsp3) is 0.857. The van der Waals surface area contributed by atoms with Crippen molar-refractivity contribution in [1.82, 2.24) is 4.90 Å². The molecule has 0 spiro atoms. The highest BCUT2D eigenvalue weighted by Crippen LogP contribution is 2.30. The van der Waals surface area contributed by atoms with Crippen molar-refractivity contribution in [3.05, 3.63) is 0 Å². The van der Waals surface area contributed by atoms with E-state index in [4.69, 9.17) is 5.73 Å². The molecule has 0 radical (unpaired) electrons. The van der Waals surface area contributed by atoms with Gasteiger partial charge in [-0.25, -0.2) is 0 Å². The smallest absolute Gasteiger partial charge is 0.305 e. The summed E-state index contributed by atoms with van der Waals surface area (Å²) in [7, 11) is 3.19. The lowest BCUT2D eigenvalue weighted by atomic mass is 9.78. The predicted molar refractivity (Wildman–Crippen MR) is 73.4 cm³/mol. The van der Waals surface area contributed by atoms with Crippen molar-refractivity contribution in [2.24, 2.45) is 17.6 Å². The Morgan fingerprint density at radius 1 is 1.32 bits per heavy atom. The Bertz CT molecular complexity index is 307. The number of carbonyl (C=O) groups is 2. The highest BCUT2D eigenvalue weighted by molar-refractivity contribution is 5.79. The normalized spacial score (nSPS) is 22.9. The molecule has 2 unspecified atom stereocenters. The third-order valence-electron chi connectivity index (χ3n) is 4.01. The Kier molecular flexibility index (Phi) is 6.84. The van der Waals surface area contributed by atoms with Crippen LogP contribution in [0, 0.1) is 11.8 Å². The molecule has 0 aromatic heterocycles. The minimum absolute atomic E-state index is 0.0712. The Balaban J connectivity index is 2.40. The molecule has 2 atom stereocenters. The van der Waals surface area contributed by atoms with E-state index in [1.165, 1.54) is 13.5 Å². The molecule has 1 rings (SSSR count). The zero-order valence-corrected chi connectivity index (χ0v) is 12.1. The molecular weight excluding hydrogens is 244 g/mol. The van der Waals surface area contributed by atoms with Gasteiger partial charge in [0.05, 0.1) is 7.11 Å². The third-order valence-corrected chi connectivity index (χ3v) is 4.01. The molecule has 1 saturated carbocycles. The van der Waals surface area contributed by atoms with E-state index in [9.17, 15) is 9.59 Å². The first-order valence-corrected chi connectivity index (χ1v) is 7.12. The summed E-state index contributed by atoms with van der Waals surface area (Å²) < 4.78 is 4.58. The van der Waals surface area contributed by atoms with Crippen LogP contribution in [0.25, 0.3) is 0 Å². The number of ether oxygens (including phenoxy) is 1. The van der Waals surface area contributed by atoms with Crippen LogP contribution in [0.4, 0.5) is 0 Å². The van der Waals surface area contributed by atoms with Gasteiger partial charge in [-0.2, -0.15) is 0 Å². The number of rotatable bonds is 6. The average Bonchev–Trinajstić information content (AvgIpc) is 2.45. The van der Waals surface area contributed by atoms with Crippen LogP contribution in [-0.2, 0) is 14.3 Å². The molecule has 1 aliphatic rings. The molecule has 5 heteroatoms. The van der Waals surface area contributed by atoms with Crippen molar-refractivity contribution in [3.8, 4) is 0 Å². The van der Waals surface area contributed by atoms with Gasteiger partial charge in [-0.1, -0.05) is 12.8 Å². The fourth-order valence-electron chi connectivity index (χ4n) is 2.77. The van der Waals surface area contributed by atoms with E-state index in [1.807, 2.05) is 7.05 Å². The lowest BCUT2D eigenvalue weighted by Crippen LogP contribution is -2.40. The van der Waals surface area contributed by atoms with Gasteiger partial charge < -0.3 is 15.4 Å². The van der Waals surface area contributed by atoms with Crippen molar-refractivity contribution in [2.45, 2.75) is 38.5 Å². The van der Waals surface area contributed by atoms with Gasteiger partial charge in [0.15, 0.2) is 0 Å². The van der Waals surface area contributed by atoms with E-state index in [0.29, 0.717) is 31.8 Å². The van der Waals surface area contributed by atoms with Gasteiger partial charge >= 0.3 is 5.97 Å². The molecule has 0 aromatic carbocycles. The van der Waals surface area contributed by atoms with Crippen LogP contribution in [0.15, 0.2) is 0 Å². The molecule has 19 heavy (non-hydrogen) atoms. The molecule has 1 amide bonds. The van der Waals surface area contributed by atoms with Crippen LogP contribution in [0.5, 0.6) is 0 Å². The standard InChI is InChI=1S/C14H26N2O3/c1-16(9-5-8-13(17)19-2)14(18)12-7-4-3-6-11(12)10-15/h11-12H,3-10,15H2,1-2H3. The van der Waals surface area contributed by atoms with E-state index in [0.717, 1.165) is 19.3 Å². The second-order valence-corrected chi connectivity index (χ2v) is 5.33. The minimum Gasteiger partial charge on any atom is -0.469 e. The number of hydrogen-bond donors (Lipinski definition) is 1. The quantitative estimate of drug-likeness (QED) is 0.735. The molecule has 0 saturated heterocycles. The van der Waals surface area contributed by atoms with E-state index >= 15 is 0 Å². The zero-order valence-electron chi connectivity index (χ0n) is 12.1. The number of esters is 1. The molecule has 5 nitrogen and oxygen atoms in total. The molecule has 1 aliphatic carbocycles. The predicted octanol–water partition coefficient (Wildman–Crippen LogP) is 1.16. The van der Waals surface area contributed by atoms with Crippen LogP contribution in [0.1, 0.15) is 38.5 Å². The fourth-order valence-corrected chi connectivity index (χ4v) is 2.77. The lowest BCUT2D eigenvalue weighted by molar-refractivity contribution is -0.142. The maximum absolute atomic E-state index is 12.4. The van der Waals surface area contributed by atoms with Crippen molar-refractivity contribution >= 4 is 11.9 Å². The topological polar surface area (TPSA) is 72.6 Å². The molecule has 0 aromatic rings. The van der Waals surface area contributed by atoms with Crippen LogP contribution in [0.3, 0.4) is 0 Å². The average molecular weight is 270 g/mol. The Morgan fingerprint density at radius 2 is 2.00 bits per heavy atom. The molecule has 0 aliphatic heterocycles. The number of nitrogens with two attached hydrogens (primary N) is 1. The Morgan fingerprint density at radius 3 is 2.63 bits per heavy atom. The van der Waals surface area contributed by atoms with Crippen molar-refractivity contribution in [1.29, 1.82) is 0 Å². The highest BCUT2D eigenvalue weighted by Gasteiger charge is 2.31. The minimum atomic E-state index is -0.224. The van der Waals surface area contributed by atoms with Crippen LogP contribution >= 0.6 is 0 Å². The first kappa shape index (κ1) is 16.0. The summed E-state index contributed by atoms with van der Waals surface area (Å²) in [5.74, 6) is 0.351. The molecule has 0 heterocycles. The summed E-state index contributed by atoms with van der Waals surface area (Å²) in [4.78, 5) is 25.1. The summed E-state index contributed by atoms with van der Waals surface area (Å²) in [6.07, 6.45) is 5.31. The number of nitrogens with zero attached hydrogens (tertiary/aromatic N) is 1. The van der Waals surface area contributed by atoms with E-state index in [-0.39, 0.29) is 17.8 Å². The summed E-state index contributed by atoms with van der Waals surface area (Å²) >= 11 is 0. The first-order chi connectivity index (χ1) is 9.10. The van der Waals surface area contributed by atoms with E-state index in [1.54, 1.807) is 4.90 Å². The van der Waals surface area contributed by atoms with Gasteiger partial charge in [0.25, 0.3) is 0 Å².